The van der Waals surface area contributed by atoms with Gasteiger partial charge in [0.05, 0.1) is 22.5 Å². The quantitative estimate of drug-likeness (QED) is 0.642. The van der Waals surface area contributed by atoms with Gasteiger partial charge < -0.3 is 9.47 Å². The van der Waals surface area contributed by atoms with E-state index in [-0.39, 0.29) is 23.2 Å². The zero-order valence-electron chi connectivity index (χ0n) is 12.4. The number of nitro benzene ring substituents is 1. The van der Waals surface area contributed by atoms with Crippen molar-refractivity contribution in [1.82, 2.24) is 4.72 Å². The fourth-order valence-electron chi connectivity index (χ4n) is 2.94. The molecule has 0 bridgehead atoms. The number of nitrogens with zero attached hydrogens (tertiary/aromatic N) is 1. The van der Waals surface area contributed by atoms with Gasteiger partial charge in [-0.15, -0.1) is 0 Å². The number of non-ortho nitro benzene ring substituents is 1. The predicted molar refractivity (Wildman–Crippen MR) is 80.3 cm³/mol. The molecule has 1 atom stereocenters. The summed E-state index contributed by atoms with van der Waals surface area (Å²) in [6.45, 7) is 0.421. The van der Waals surface area contributed by atoms with Crippen molar-refractivity contribution >= 4 is 15.7 Å². The third kappa shape index (κ3) is 3.52. The van der Waals surface area contributed by atoms with E-state index in [1.807, 2.05) is 0 Å². The molecule has 1 spiro atoms. The number of benzene rings is 1. The third-order valence-electron chi connectivity index (χ3n) is 4.12. The molecule has 0 unspecified atom stereocenters. The van der Waals surface area contributed by atoms with Gasteiger partial charge in [0.2, 0.25) is 10.0 Å². The fraction of sp³-hybridized carbons (Fsp3) is 0.571. The van der Waals surface area contributed by atoms with E-state index < -0.39 is 20.7 Å². The molecule has 9 heteroatoms. The van der Waals surface area contributed by atoms with E-state index in [1.165, 1.54) is 18.2 Å². The normalized spacial score (nSPS) is 23.4. The van der Waals surface area contributed by atoms with E-state index in [2.05, 4.69) is 4.72 Å². The molecule has 2 fully saturated rings. The van der Waals surface area contributed by atoms with Gasteiger partial charge in [-0.1, -0.05) is 6.07 Å². The van der Waals surface area contributed by atoms with Gasteiger partial charge in [0.25, 0.3) is 5.69 Å². The van der Waals surface area contributed by atoms with Crippen molar-refractivity contribution in [3.05, 3.63) is 34.4 Å². The Morgan fingerprint density at radius 2 is 2.09 bits per heavy atom. The smallest absolute Gasteiger partial charge is 0.270 e. The third-order valence-corrected chi connectivity index (χ3v) is 5.54. The lowest BCUT2D eigenvalue weighted by molar-refractivity contribution is -0.385. The van der Waals surface area contributed by atoms with Crippen LogP contribution in [-0.2, 0) is 19.5 Å². The summed E-state index contributed by atoms with van der Waals surface area (Å²) in [6.07, 6.45) is 3.42. The zero-order chi connectivity index (χ0) is 16.5. The van der Waals surface area contributed by atoms with Crippen molar-refractivity contribution in [1.29, 1.82) is 0 Å². The maximum Gasteiger partial charge on any atom is 0.270 e. The largest absolute Gasteiger partial charge is 0.347 e. The van der Waals surface area contributed by atoms with Gasteiger partial charge in [0.15, 0.2) is 5.79 Å². The summed E-state index contributed by atoms with van der Waals surface area (Å²) < 4.78 is 38.5. The maximum absolute atomic E-state index is 12.2. The van der Waals surface area contributed by atoms with Gasteiger partial charge in [-0.25, -0.2) is 13.1 Å². The summed E-state index contributed by atoms with van der Waals surface area (Å²) in [5, 5.41) is 10.7. The lowest BCUT2D eigenvalue weighted by Gasteiger charge is -2.21. The van der Waals surface area contributed by atoms with Gasteiger partial charge in [-0.3, -0.25) is 10.1 Å². The van der Waals surface area contributed by atoms with E-state index >= 15 is 0 Å². The molecule has 8 nitrogen and oxygen atoms in total. The molecule has 2 aliphatic rings. The van der Waals surface area contributed by atoms with Crippen LogP contribution in [0.3, 0.4) is 0 Å². The maximum atomic E-state index is 12.2. The molecule has 0 aromatic heterocycles. The minimum absolute atomic E-state index is 0.0762. The lowest BCUT2D eigenvalue weighted by Crippen LogP contribution is -2.35. The van der Waals surface area contributed by atoms with Crippen LogP contribution in [0.1, 0.15) is 25.7 Å². The van der Waals surface area contributed by atoms with Crippen LogP contribution < -0.4 is 4.72 Å². The highest BCUT2D eigenvalue weighted by Crippen LogP contribution is 2.39. The first-order valence-corrected chi connectivity index (χ1v) is 8.94. The minimum atomic E-state index is -3.83. The van der Waals surface area contributed by atoms with Crippen molar-refractivity contribution in [3.63, 3.8) is 0 Å². The number of nitrogens with one attached hydrogen (secondary N) is 1. The Morgan fingerprint density at radius 3 is 2.78 bits per heavy atom. The molecule has 1 saturated carbocycles. The van der Waals surface area contributed by atoms with Crippen molar-refractivity contribution in [2.45, 2.75) is 42.5 Å². The molecule has 1 aliphatic carbocycles. The Bertz CT molecular complexity index is 699. The molecule has 0 radical (unpaired) electrons. The molecule has 1 heterocycles. The van der Waals surface area contributed by atoms with Gasteiger partial charge in [-0.2, -0.15) is 0 Å². The number of rotatable bonds is 5. The van der Waals surface area contributed by atoms with Gasteiger partial charge in [-0.05, 0) is 18.9 Å². The average Bonchev–Trinajstić information content (AvgIpc) is 3.16. The van der Waals surface area contributed by atoms with Crippen LogP contribution in [0.25, 0.3) is 0 Å². The molecule has 0 amide bonds. The summed E-state index contributed by atoms with van der Waals surface area (Å²) in [6, 6.07) is 4.94. The lowest BCUT2D eigenvalue weighted by atomic mass is 10.2. The molecule has 1 aromatic rings. The number of ether oxygens (including phenoxy) is 2. The summed E-state index contributed by atoms with van der Waals surface area (Å²) in [5.74, 6) is -0.540. The van der Waals surface area contributed by atoms with E-state index in [4.69, 9.17) is 9.47 Å². The summed E-state index contributed by atoms with van der Waals surface area (Å²) in [5.41, 5.74) is -0.266. The summed E-state index contributed by atoms with van der Waals surface area (Å²) >= 11 is 0. The van der Waals surface area contributed by atoms with Gasteiger partial charge in [0, 0.05) is 31.5 Å². The Morgan fingerprint density at radius 1 is 1.35 bits per heavy atom. The van der Waals surface area contributed by atoms with Crippen LogP contribution in [0.4, 0.5) is 5.69 Å². The van der Waals surface area contributed by atoms with Gasteiger partial charge in [0.1, 0.15) is 0 Å². The van der Waals surface area contributed by atoms with E-state index in [0.717, 1.165) is 31.7 Å². The molecule has 3 rings (SSSR count). The Balaban J connectivity index is 1.63. The zero-order valence-corrected chi connectivity index (χ0v) is 13.3. The molecule has 1 aromatic carbocycles. The van der Waals surface area contributed by atoms with Crippen LogP contribution in [0.15, 0.2) is 29.2 Å². The monoisotopic (exact) mass is 342 g/mol. The van der Waals surface area contributed by atoms with Crippen LogP contribution in [-0.4, -0.2) is 38.4 Å². The number of hydrogen-bond acceptors (Lipinski definition) is 6. The molecular weight excluding hydrogens is 324 g/mol. The summed E-state index contributed by atoms with van der Waals surface area (Å²) in [7, 11) is -3.83. The summed E-state index contributed by atoms with van der Waals surface area (Å²) in [4.78, 5) is 9.98. The number of hydrogen-bond donors (Lipinski definition) is 1. The molecule has 1 aliphatic heterocycles. The first-order valence-electron chi connectivity index (χ1n) is 7.46. The first kappa shape index (κ1) is 16.3. The second-order valence-electron chi connectivity index (χ2n) is 5.78. The molecule has 23 heavy (non-hydrogen) atoms. The van der Waals surface area contributed by atoms with E-state index in [0.29, 0.717) is 6.61 Å². The highest BCUT2D eigenvalue weighted by Gasteiger charge is 2.43. The standard InChI is InChI=1S/C14H18N2O6S/c17-16(18)11-4-3-5-13(8-11)23(19,20)15-9-12-10-21-14(22-12)6-1-2-7-14/h3-5,8,12,15H,1-2,6-7,9-10H2/t12-/m0/s1. The number of nitro groups is 1. The van der Waals surface area contributed by atoms with Crippen LogP contribution in [0.2, 0.25) is 0 Å². The molecule has 1 N–H and O–H groups in total. The van der Waals surface area contributed by atoms with Crippen LogP contribution in [0, 0.1) is 10.1 Å². The van der Waals surface area contributed by atoms with E-state index in [1.54, 1.807) is 0 Å². The molecule has 126 valence electrons. The van der Waals surface area contributed by atoms with Gasteiger partial charge >= 0.3 is 0 Å². The Hall–Kier alpha value is -1.55. The Kier molecular flexibility index (Phi) is 4.37. The molecule has 1 saturated heterocycles. The van der Waals surface area contributed by atoms with Crippen LogP contribution >= 0.6 is 0 Å². The highest BCUT2D eigenvalue weighted by atomic mass is 32.2. The van der Waals surface area contributed by atoms with Crippen molar-refractivity contribution in [3.8, 4) is 0 Å². The Labute approximate surface area is 134 Å². The highest BCUT2D eigenvalue weighted by molar-refractivity contribution is 7.89. The predicted octanol–water partition coefficient (Wildman–Crippen LogP) is 1.56. The fourth-order valence-corrected chi connectivity index (χ4v) is 4.05. The second-order valence-corrected chi connectivity index (χ2v) is 7.54. The second kappa shape index (κ2) is 6.16. The molecular formula is C14H18N2O6S. The average molecular weight is 342 g/mol. The minimum Gasteiger partial charge on any atom is -0.347 e. The SMILES string of the molecule is O=[N+]([O-])c1cccc(S(=O)(=O)NC[C@H]2COC3(CCCC3)O2)c1. The topological polar surface area (TPSA) is 108 Å². The van der Waals surface area contributed by atoms with Crippen molar-refractivity contribution < 1.29 is 22.8 Å². The number of sulfonamides is 1. The van der Waals surface area contributed by atoms with Crippen molar-refractivity contribution in [2.75, 3.05) is 13.2 Å². The van der Waals surface area contributed by atoms with Crippen molar-refractivity contribution in [2.24, 2.45) is 0 Å². The first-order chi connectivity index (χ1) is 10.9. The van der Waals surface area contributed by atoms with Crippen LogP contribution in [0.5, 0.6) is 0 Å². The van der Waals surface area contributed by atoms with E-state index in [9.17, 15) is 18.5 Å².